The molecule has 2 aromatic heterocycles. The molecule has 0 amide bonds. The minimum Gasteiger partial charge on any atom is -0.455 e. The Hall–Kier alpha value is -3.17. The van der Waals surface area contributed by atoms with Crippen LogP contribution in [0.2, 0.25) is 13.1 Å². The Morgan fingerprint density at radius 2 is 1.55 bits per heavy atom. The Balaban J connectivity index is 1.73. The van der Waals surface area contributed by atoms with E-state index in [1.807, 2.05) is 12.3 Å². The minimum atomic E-state index is -1.70. The van der Waals surface area contributed by atoms with E-state index in [1.165, 1.54) is 32.5 Å². The van der Waals surface area contributed by atoms with Crippen molar-refractivity contribution in [2.75, 3.05) is 0 Å². The standard InChI is InChI=1S/C26H21NOSi/c1-16-13-14-27-21(15-16)19-9-6-8-17-18-11-12-23-24(26(18)28-25(17)19)20-7-4-5-10-22(20)29(23,2)3/h4-15H,1-3H3. The molecule has 2 nitrogen and oxygen atoms in total. The van der Waals surface area contributed by atoms with Gasteiger partial charge in [0, 0.05) is 28.1 Å². The van der Waals surface area contributed by atoms with Crippen molar-refractivity contribution >= 4 is 40.4 Å². The van der Waals surface area contributed by atoms with Gasteiger partial charge in [0.05, 0.1) is 5.69 Å². The van der Waals surface area contributed by atoms with E-state index < -0.39 is 8.07 Å². The smallest absolute Gasteiger partial charge is 0.144 e. The van der Waals surface area contributed by atoms with Crippen molar-refractivity contribution in [3.8, 4) is 22.4 Å². The van der Waals surface area contributed by atoms with E-state index in [9.17, 15) is 0 Å². The number of fused-ring (bicyclic) bond motifs is 7. The average Bonchev–Trinajstić information content (AvgIpc) is 3.21. The Morgan fingerprint density at radius 3 is 2.41 bits per heavy atom. The molecule has 29 heavy (non-hydrogen) atoms. The lowest BCUT2D eigenvalue weighted by Gasteiger charge is -2.18. The molecule has 140 valence electrons. The molecule has 0 radical (unpaired) electrons. The zero-order chi connectivity index (χ0) is 19.8. The number of rotatable bonds is 1. The molecule has 6 rings (SSSR count). The lowest BCUT2D eigenvalue weighted by molar-refractivity contribution is 0.671. The molecule has 0 saturated carbocycles. The molecular formula is C26H21NOSi. The third-order valence-electron chi connectivity index (χ3n) is 6.40. The summed E-state index contributed by atoms with van der Waals surface area (Å²) in [7, 11) is -1.70. The Bertz CT molecular complexity index is 1440. The van der Waals surface area contributed by atoms with Gasteiger partial charge in [0.2, 0.25) is 0 Å². The molecule has 0 unspecified atom stereocenters. The molecule has 0 bridgehead atoms. The zero-order valence-electron chi connectivity index (χ0n) is 16.8. The molecule has 1 aliphatic rings. The van der Waals surface area contributed by atoms with Gasteiger partial charge in [0.25, 0.3) is 0 Å². The predicted molar refractivity (Wildman–Crippen MR) is 124 cm³/mol. The fraction of sp³-hybridized carbons (Fsp3) is 0.115. The van der Waals surface area contributed by atoms with Gasteiger partial charge in [-0.1, -0.05) is 61.6 Å². The van der Waals surface area contributed by atoms with Gasteiger partial charge in [-0.05, 0) is 46.6 Å². The number of nitrogens with zero attached hydrogens (tertiary/aromatic N) is 1. The molecule has 3 aromatic carbocycles. The second-order valence-corrected chi connectivity index (χ2v) is 12.9. The molecule has 5 aromatic rings. The summed E-state index contributed by atoms with van der Waals surface area (Å²) in [5, 5.41) is 5.33. The first kappa shape index (κ1) is 16.8. The van der Waals surface area contributed by atoms with Crippen LogP contribution in [0.3, 0.4) is 0 Å². The van der Waals surface area contributed by atoms with Gasteiger partial charge in [0.1, 0.15) is 19.2 Å². The monoisotopic (exact) mass is 391 g/mol. The Morgan fingerprint density at radius 1 is 0.759 bits per heavy atom. The summed E-state index contributed by atoms with van der Waals surface area (Å²) in [5.41, 5.74) is 7.81. The summed E-state index contributed by atoms with van der Waals surface area (Å²) in [6.45, 7) is 6.98. The molecule has 3 heteroatoms. The van der Waals surface area contributed by atoms with Crippen LogP contribution in [0, 0.1) is 6.92 Å². The molecule has 0 saturated heterocycles. The maximum atomic E-state index is 6.65. The van der Waals surface area contributed by atoms with E-state index in [2.05, 4.69) is 85.7 Å². The SMILES string of the molecule is Cc1ccnc(-c2cccc3c2oc2c4c(ccc23)[Si](C)(C)c2ccccc2-4)c1. The highest BCUT2D eigenvalue weighted by Crippen LogP contribution is 2.41. The third kappa shape index (κ3) is 2.19. The van der Waals surface area contributed by atoms with E-state index in [4.69, 9.17) is 4.42 Å². The summed E-state index contributed by atoms with van der Waals surface area (Å²) in [4.78, 5) is 4.61. The quantitative estimate of drug-likeness (QED) is 0.340. The molecule has 0 spiro atoms. The lowest BCUT2D eigenvalue weighted by Crippen LogP contribution is -2.49. The third-order valence-corrected chi connectivity index (χ3v) is 9.95. The van der Waals surface area contributed by atoms with E-state index in [0.717, 1.165) is 27.8 Å². The summed E-state index contributed by atoms with van der Waals surface area (Å²) in [5.74, 6) is 0. The topological polar surface area (TPSA) is 26.0 Å². The number of aromatic nitrogens is 1. The number of aryl methyl sites for hydroxylation is 1. The molecule has 0 N–H and O–H groups in total. The number of hydrogen-bond donors (Lipinski definition) is 0. The van der Waals surface area contributed by atoms with Crippen molar-refractivity contribution in [2.45, 2.75) is 20.0 Å². The summed E-state index contributed by atoms with van der Waals surface area (Å²) in [6.07, 6.45) is 1.87. The van der Waals surface area contributed by atoms with Gasteiger partial charge < -0.3 is 4.42 Å². The molecule has 1 aliphatic heterocycles. The van der Waals surface area contributed by atoms with Crippen LogP contribution in [0.25, 0.3) is 44.3 Å². The number of para-hydroxylation sites is 1. The normalized spacial score (nSPS) is 14.3. The second-order valence-electron chi connectivity index (χ2n) is 8.54. The predicted octanol–water partition coefficient (Wildman–Crippen LogP) is 5.76. The van der Waals surface area contributed by atoms with E-state index in [1.54, 1.807) is 0 Å². The van der Waals surface area contributed by atoms with Crippen LogP contribution in [-0.4, -0.2) is 13.1 Å². The van der Waals surface area contributed by atoms with E-state index in [-0.39, 0.29) is 0 Å². The number of pyridine rings is 1. The van der Waals surface area contributed by atoms with Gasteiger partial charge in [-0.3, -0.25) is 4.98 Å². The van der Waals surface area contributed by atoms with Crippen molar-refractivity contribution in [3.63, 3.8) is 0 Å². The molecule has 0 aliphatic carbocycles. The van der Waals surface area contributed by atoms with Crippen LogP contribution in [0.5, 0.6) is 0 Å². The van der Waals surface area contributed by atoms with Gasteiger partial charge in [0.15, 0.2) is 0 Å². The minimum absolute atomic E-state index is 0.929. The highest BCUT2D eigenvalue weighted by atomic mass is 28.3. The molecule has 3 heterocycles. The number of furan rings is 1. The first-order chi connectivity index (χ1) is 14.1. The maximum absolute atomic E-state index is 6.65. The fourth-order valence-electron chi connectivity index (χ4n) is 4.93. The Kier molecular flexibility index (Phi) is 3.28. The van der Waals surface area contributed by atoms with Crippen LogP contribution in [-0.2, 0) is 0 Å². The summed E-state index contributed by atoms with van der Waals surface area (Å²) in [6, 6.07) is 24.0. The maximum Gasteiger partial charge on any atom is 0.144 e. The van der Waals surface area contributed by atoms with Crippen LogP contribution < -0.4 is 10.4 Å². The molecule has 0 atom stereocenters. The number of benzene rings is 3. The van der Waals surface area contributed by atoms with Crippen molar-refractivity contribution in [3.05, 3.63) is 78.5 Å². The van der Waals surface area contributed by atoms with E-state index >= 15 is 0 Å². The van der Waals surface area contributed by atoms with Crippen molar-refractivity contribution in [2.24, 2.45) is 0 Å². The first-order valence-corrected chi connectivity index (χ1v) is 13.1. The summed E-state index contributed by atoms with van der Waals surface area (Å²) >= 11 is 0. The molecular weight excluding hydrogens is 370 g/mol. The van der Waals surface area contributed by atoms with Crippen LogP contribution in [0.15, 0.2) is 77.3 Å². The van der Waals surface area contributed by atoms with Crippen LogP contribution in [0.4, 0.5) is 0 Å². The van der Waals surface area contributed by atoms with Crippen molar-refractivity contribution < 1.29 is 4.42 Å². The highest BCUT2D eigenvalue weighted by Gasteiger charge is 2.39. The van der Waals surface area contributed by atoms with Crippen LogP contribution >= 0.6 is 0 Å². The lowest BCUT2D eigenvalue weighted by atomic mass is 10.0. The molecule has 0 fully saturated rings. The summed E-state index contributed by atoms with van der Waals surface area (Å²) < 4.78 is 6.65. The van der Waals surface area contributed by atoms with Gasteiger partial charge >= 0.3 is 0 Å². The van der Waals surface area contributed by atoms with Crippen LogP contribution in [0.1, 0.15) is 5.56 Å². The second kappa shape index (κ2) is 5.68. The first-order valence-electron chi connectivity index (χ1n) is 10.1. The van der Waals surface area contributed by atoms with Gasteiger partial charge in [-0.2, -0.15) is 0 Å². The fourth-order valence-corrected chi connectivity index (χ4v) is 7.98. The van der Waals surface area contributed by atoms with Crippen molar-refractivity contribution in [1.29, 1.82) is 0 Å². The average molecular weight is 392 g/mol. The Labute approximate surface area is 170 Å². The van der Waals surface area contributed by atoms with Gasteiger partial charge in [-0.15, -0.1) is 0 Å². The largest absolute Gasteiger partial charge is 0.455 e. The number of hydrogen-bond acceptors (Lipinski definition) is 2. The van der Waals surface area contributed by atoms with Crippen molar-refractivity contribution in [1.82, 2.24) is 4.98 Å². The highest BCUT2D eigenvalue weighted by molar-refractivity contribution is 7.04. The zero-order valence-corrected chi connectivity index (χ0v) is 17.8. The van der Waals surface area contributed by atoms with Gasteiger partial charge in [-0.25, -0.2) is 0 Å². The van der Waals surface area contributed by atoms with E-state index in [0.29, 0.717) is 0 Å².